The van der Waals surface area contributed by atoms with Gasteiger partial charge in [-0.05, 0) is 103 Å². The Morgan fingerprint density at radius 2 is 1.17 bits per heavy atom. The van der Waals surface area contributed by atoms with Crippen LogP contribution in [0.4, 0.5) is 13.2 Å². The zero-order chi connectivity index (χ0) is 38.6. The summed E-state index contributed by atoms with van der Waals surface area (Å²) in [6.07, 6.45) is -4.68. The Labute approximate surface area is 309 Å². The Kier molecular flexibility index (Phi) is 11.1. The predicted octanol–water partition coefficient (Wildman–Crippen LogP) is 10.2. The minimum Gasteiger partial charge on any atom is -0.508 e. The van der Waals surface area contributed by atoms with Crippen molar-refractivity contribution in [3.05, 3.63) is 154 Å². The van der Waals surface area contributed by atoms with Gasteiger partial charge < -0.3 is 26.9 Å². The average Bonchev–Trinajstić information content (AvgIpc) is 3.13. The summed E-state index contributed by atoms with van der Waals surface area (Å²) in [5.74, 6) is -0.763. The summed E-state index contributed by atoms with van der Waals surface area (Å²) in [4.78, 5) is 12.1. The molecule has 270 valence electrons. The molecule has 6 rings (SSSR count). The van der Waals surface area contributed by atoms with Crippen molar-refractivity contribution in [3.63, 3.8) is 0 Å². The lowest BCUT2D eigenvalue weighted by molar-refractivity contribution is -0.137. The summed E-state index contributed by atoms with van der Waals surface area (Å²) in [6, 6.07) is 31.3. The molecular formula is C42H35ClF3N3O4. The number of amidine groups is 1. The van der Waals surface area contributed by atoms with Gasteiger partial charge in [0.2, 0.25) is 5.91 Å². The van der Waals surface area contributed by atoms with Crippen molar-refractivity contribution in [2.75, 3.05) is 0 Å². The van der Waals surface area contributed by atoms with Gasteiger partial charge in [0.1, 0.15) is 11.5 Å². The lowest BCUT2D eigenvalue weighted by Crippen LogP contribution is -2.16. The van der Waals surface area contributed by atoms with Crippen LogP contribution in [0, 0.1) is 20.8 Å². The maximum Gasteiger partial charge on any atom is 0.416 e. The fraction of sp³-hybridized carbons (Fsp3) is 0.0952. The average molecular weight is 738 g/mol. The van der Waals surface area contributed by atoms with E-state index in [4.69, 9.17) is 23.1 Å². The number of nitrogens with zero attached hydrogens (tertiary/aromatic N) is 1. The quantitative estimate of drug-likeness (QED) is 0.0501. The monoisotopic (exact) mass is 737 g/mol. The first-order chi connectivity index (χ1) is 25.1. The summed E-state index contributed by atoms with van der Waals surface area (Å²) in [7, 11) is 0. The Hall–Kier alpha value is -6.26. The minimum absolute atomic E-state index is 0.0408. The van der Waals surface area contributed by atoms with E-state index in [-0.39, 0.29) is 39.0 Å². The smallest absolute Gasteiger partial charge is 0.416 e. The summed E-state index contributed by atoms with van der Waals surface area (Å²) >= 11 is 6.31. The molecule has 0 radical (unpaired) electrons. The van der Waals surface area contributed by atoms with Gasteiger partial charge in [0.05, 0.1) is 5.56 Å². The number of hydrogen-bond acceptors (Lipinski definition) is 5. The molecule has 0 saturated carbocycles. The van der Waals surface area contributed by atoms with Crippen LogP contribution >= 0.6 is 11.6 Å². The fourth-order valence-electron chi connectivity index (χ4n) is 5.99. The number of oxime groups is 1. The van der Waals surface area contributed by atoms with Gasteiger partial charge in [0.15, 0.2) is 5.84 Å². The van der Waals surface area contributed by atoms with Gasteiger partial charge in [0.25, 0.3) is 0 Å². The molecule has 0 unspecified atom stereocenters. The van der Waals surface area contributed by atoms with Gasteiger partial charge in [0, 0.05) is 32.8 Å². The van der Waals surface area contributed by atoms with Gasteiger partial charge >= 0.3 is 6.18 Å². The second kappa shape index (κ2) is 15.5. The molecule has 53 heavy (non-hydrogen) atoms. The van der Waals surface area contributed by atoms with Gasteiger partial charge in [-0.1, -0.05) is 94.6 Å². The molecular weight excluding hydrogens is 703 g/mol. The minimum atomic E-state index is -4.68. The molecule has 0 bridgehead atoms. The maximum atomic E-state index is 13.5. The summed E-state index contributed by atoms with van der Waals surface area (Å²) < 4.78 is 40.4. The van der Waals surface area contributed by atoms with Crippen LogP contribution in [0.2, 0.25) is 5.02 Å². The number of phenols is 2. The van der Waals surface area contributed by atoms with Crippen LogP contribution in [0.15, 0.2) is 120 Å². The molecule has 0 aliphatic carbocycles. The topological polar surface area (TPSA) is 142 Å². The molecule has 6 aromatic carbocycles. The first-order valence-corrected chi connectivity index (χ1v) is 16.6. The van der Waals surface area contributed by atoms with Crippen LogP contribution in [0.3, 0.4) is 0 Å². The molecule has 7 N–H and O–H groups in total. The number of hydrogen-bond donors (Lipinski definition) is 5. The van der Waals surface area contributed by atoms with E-state index in [9.17, 15) is 33.4 Å². The number of benzene rings is 6. The van der Waals surface area contributed by atoms with Crippen molar-refractivity contribution in [2.24, 2.45) is 16.6 Å². The highest BCUT2D eigenvalue weighted by Crippen LogP contribution is 2.43. The standard InChI is InChI=1S/C21H15ClF3NO2.C21H20N2O2/c1-11-2-7-18(22)16(8-11)19-15(12-3-5-14(27)6-4-12)9-13(21(23,24)25)10-17(19)20(26)28;1-13-6-7-14(2)19(12-13)20-17(15-8-10-16(24)11-9-15)4-3-5-18(20)21(22)23-25/h2-10,27H,1H3,(H2,26,28);3-12,24-25H,1-2H3,(H2,22,23). The number of primary amides is 1. The van der Waals surface area contributed by atoms with Gasteiger partial charge in [-0.2, -0.15) is 13.2 Å². The largest absolute Gasteiger partial charge is 0.508 e. The molecule has 6 aromatic rings. The lowest BCUT2D eigenvalue weighted by atomic mass is 9.87. The van der Waals surface area contributed by atoms with Gasteiger partial charge in [-0.3, -0.25) is 4.79 Å². The number of aromatic hydroxyl groups is 2. The maximum absolute atomic E-state index is 13.5. The molecule has 1 amide bonds. The first kappa shape index (κ1) is 38.0. The second-order valence-corrected chi connectivity index (χ2v) is 12.8. The van der Waals surface area contributed by atoms with Crippen LogP contribution in [0.5, 0.6) is 11.5 Å². The van der Waals surface area contributed by atoms with Crippen molar-refractivity contribution in [3.8, 4) is 56.0 Å². The highest BCUT2D eigenvalue weighted by atomic mass is 35.5. The number of aryl methyl sites for hydroxylation is 3. The third-order valence-corrected chi connectivity index (χ3v) is 8.92. The van der Waals surface area contributed by atoms with E-state index in [0.717, 1.165) is 51.1 Å². The van der Waals surface area contributed by atoms with Crippen molar-refractivity contribution < 1.29 is 33.4 Å². The number of carbonyl (C=O) groups excluding carboxylic acids is 1. The molecule has 0 aliphatic rings. The normalized spacial score (nSPS) is 11.5. The summed E-state index contributed by atoms with van der Waals surface area (Å²) in [5, 5.41) is 31.8. The number of amides is 1. The van der Waals surface area contributed by atoms with Crippen LogP contribution in [0.1, 0.15) is 38.2 Å². The first-order valence-electron chi connectivity index (χ1n) is 16.2. The Morgan fingerprint density at radius 1 is 0.642 bits per heavy atom. The van der Waals surface area contributed by atoms with Gasteiger partial charge in [-0.15, -0.1) is 0 Å². The molecule has 0 fully saturated rings. The molecule has 0 spiro atoms. The predicted molar refractivity (Wildman–Crippen MR) is 203 cm³/mol. The molecule has 0 aliphatic heterocycles. The number of phenolic OH excluding ortho intramolecular Hbond substituents is 2. The van der Waals surface area contributed by atoms with Crippen molar-refractivity contribution in [1.82, 2.24) is 0 Å². The van der Waals surface area contributed by atoms with Gasteiger partial charge in [-0.25, -0.2) is 0 Å². The Balaban J connectivity index is 0.000000206. The molecule has 7 nitrogen and oxygen atoms in total. The van der Waals surface area contributed by atoms with Crippen molar-refractivity contribution >= 4 is 23.3 Å². The van der Waals surface area contributed by atoms with Crippen molar-refractivity contribution in [2.45, 2.75) is 26.9 Å². The van der Waals surface area contributed by atoms with Crippen LogP contribution in [-0.4, -0.2) is 27.2 Å². The lowest BCUT2D eigenvalue weighted by Gasteiger charge is -2.19. The number of alkyl halides is 3. The highest BCUT2D eigenvalue weighted by Gasteiger charge is 2.33. The zero-order valence-corrected chi connectivity index (χ0v) is 29.6. The van der Waals surface area contributed by atoms with E-state index in [0.29, 0.717) is 16.7 Å². The highest BCUT2D eigenvalue weighted by molar-refractivity contribution is 6.34. The SMILES string of the molecule is Cc1ccc(C)c(-c2c(C(N)=NO)cccc2-c2ccc(O)cc2)c1.Cc1ccc(Cl)c(-c2c(C(N)=O)cc(C(F)(F)F)cc2-c2ccc(O)cc2)c1. The number of nitrogens with two attached hydrogens (primary N) is 2. The zero-order valence-electron chi connectivity index (χ0n) is 28.8. The molecule has 11 heteroatoms. The number of rotatable bonds is 6. The second-order valence-electron chi connectivity index (χ2n) is 12.4. The van der Waals surface area contributed by atoms with Crippen LogP contribution in [0.25, 0.3) is 44.5 Å². The van der Waals surface area contributed by atoms with E-state index in [1.165, 1.54) is 24.3 Å². The fourth-order valence-corrected chi connectivity index (χ4v) is 6.20. The molecule has 0 aromatic heterocycles. The molecule has 0 saturated heterocycles. The molecule has 0 heterocycles. The number of halogens is 4. The van der Waals surface area contributed by atoms with E-state index in [1.54, 1.807) is 37.3 Å². The van der Waals surface area contributed by atoms with E-state index in [1.807, 2.05) is 44.2 Å². The van der Waals surface area contributed by atoms with Crippen LogP contribution < -0.4 is 11.5 Å². The number of carbonyl (C=O) groups is 1. The summed E-state index contributed by atoms with van der Waals surface area (Å²) in [5.41, 5.74) is 18.8. The third-order valence-electron chi connectivity index (χ3n) is 8.59. The van der Waals surface area contributed by atoms with Crippen LogP contribution in [-0.2, 0) is 6.18 Å². The van der Waals surface area contributed by atoms with E-state index < -0.39 is 17.6 Å². The molecule has 0 atom stereocenters. The summed E-state index contributed by atoms with van der Waals surface area (Å²) in [6.45, 7) is 5.88. The van der Waals surface area contributed by atoms with Crippen molar-refractivity contribution in [1.29, 1.82) is 0 Å². The van der Waals surface area contributed by atoms with E-state index in [2.05, 4.69) is 23.4 Å². The third kappa shape index (κ3) is 8.45. The van der Waals surface area contributed by atoms with E-state index >= 15 is 0 Å². The Bertz CT molecular complexity index is 2340. The Morgan fingerprint density at radius 3 is 1.72 bits per heavy atom.